The van der Waals surface area contributed by atoms with E-state index < -0.39 is 0 Å². The zero-order chi connectivity index (χ0) is 9.80. The topological polar surface area (TPSA) is 28.2 Å². The first kappa shape index (κ1) is 9.46. The van der Waals surface area contributed by atoms with Crippen LogP contribution in [-0.4, -0.2) is 36.1 Å². The quantitative estimate of drug-likeness (QED) is 0.769. The van der Waals surface area contributed by atoms with E-state index in [-0.39, 0.29) is 0 Å². The van der Waals surface area contributed by atoms with Crippen LogP contribution in [0.3, 0.4) is 0 Å². The van der Waals surface area contributed by atoms with Gasteiger partial charge in [0.15, 0.2) is 0 Å². The Bertz CT molecular complexity index is 265. The molecule has 1 saturated heterocycles. The summed E-state index contributed by atoms with van der Waals surface area (Å²) in [5, 5.41) is 3.51. The highest BCUT2D eigenvalue weighted by Crippen LogP contribution is 2.14. The number of hydrogen-bond acceptors (Lipinski definition) is 3. The first-order valence-electron chi connectivity index (χ1n) is 5.20. The fourth-order valence-corrected chi connectivity index (χ4v) is 1.84. The highest BCUT2D eigenvalue weighted by molar-refractivity contribution is 5.40. The van der Waals surface area contributed by atoms with Gasteiger partial charge in [-0.1, -0.05) is 0 Å². The molecular weight excluding hydrogens is 174 g/mol. The van der Waals surface area contributed by atoms with E-state index in [9.17, 15) is 0 Å². The van der Waals surface area contributed by atoms with Crippen molar-refractivity contribution in [1.29, 1.82) is 0 Å². The van der Waals surface area contributed by atoms with Gasteiger partial charge in [-0.3, -0.25) is 4.98 Å². The van der Waals surface area contributed by atoms with E-state index >= 15 is 0 Å². The lowest BCUT2D eigenvalue weighted by atomic mass is 10.1. The van der Waals surface area contributed by atoms with Crippen molar-refractivity contribution < 1.29 is 0 Å². The Morgan fingerprint density at radius 3 is 2.86 bits per heavy atom. The van der Waals surface area contributed by atoms with Crippen molar-refractivity contribution >= 4 is 5.69 Å². The molecule has 1 aromatic rings. The minimum atomic E-state index is 0.621. The molecular formula is C11H17N3. The first-order valence-corrected chi connectivity index (χ1v) is 5.20. The Hall–Kier alpha value is -1.09. The molecule has 14 heavy (non-hydrogen) atoms. The van der Waals surface area contributed by atoms with E-state index in [0.717, 1.165) is 5.69 Å². The number of anilines is 1. The zero-order valence-electron chi connectivity index (χ0n) is 8.61. The maximum Gasteiger partial charge on any atom is 0.0528 e. The van der Waals surface area contributed by atoms with Crippen molar-refractivity contribution in [2.24, 2.45) is 0 Å². The number of piperidine rings is 1. The van der Waals surface area contributed by atoms with Gasteiger partial charge in [-0.25, -0.2) is 0 Å². The van der Waals surface area contributed by atoms with E-state index in [1.807, 2.05) is 12.3 Å². The molecule has 3 nitrogen and oxygen atoms in total. The van der Waals surface area contributed by atoms with Crippen LogP contribution in [0.2, 0.25) is 0 Å². The zero-order valence-corrected chi connectivity index (χ0v) is 8.61. The molecule has 0 radical (unpaired) electrons. The van der Waals surface area contributed by atoms with Crippen molar-refractivity contribution in [3.8, 4) is 0 Å². The summed E-state index contributed by atoms with van der Waals surface area (Å²) in [6.07, 6.45) is 6.15. The van der Waals surface area contributed by atoms with Gasteiger partial charge >= 0.3 is 0 Å². The van der Waals surface area contributed by atoms with Gasteiger partial charge in [-0.05, 0) is 45.1 Å². The van der Waals surface area contributed by atoms with E-state index in [1.165, 1.54) is 25.9 Å². The summed E-state index contributed by atoms with van der Waals surface area (Å²) in [5.74, 6) is 0. The normalized spacial score (nSPS) is 19.5. The molecule has 1 fully saturated rings. The summed E-state index contributed by atoms with van der Waals surface area (Å²) in [4.78, 5) is 6.47. The highest BCUT2D eigenvalue weighted by atomic mass is 15.1. The molecule has 1 N–H and O–H groups in total. The van der Waals surface area contributed by atoms with Gasteiger partial charge < -0.3 is 10.2 Å². The summed E-state index contributed by atoms with van der Waals surface area (Å²) in [5.41, 5.74) is 1.14. The molecule has 0 amide bonds. The number of hydrogen-bond donors (Lipinski definition) is 1. The van der Waals surface area contributed by atoms with Crippen molar-refractivity contribution in [3.05, 3.63) is 24.5 Å². The average Bonchev–Trinajstić information content (AvgIpc) is 2.23. The minimum absolute atomic E-state index is 0.621. The second-order valence-corrected chi connectivity index (χ2v) is 3.96. The Morgan fingerprint density at radius 2 is 2.21 bits per heavy atom. The number of nitrogens with one attached hydrogen (secondary N) is 1. The second-order valence-electron chi connectivity index (χ2n) is 3.96. The molecule has 1 aliphatic rings. The summed E-state index contributed by atoms with van der Waals surface area (Å²) >= 11 is 0. The van der Waals surface area contributed by atoms with Crippen LogP contribution in [-0.2, 0) is 0 Å². The fourth-order valence-electron chi connectivity index (χ4n) is 1.84. The molecule has 0 saturated carbocycles. The van der Waals surface area contributed by atoms with Crippen LogP contribution in [0, 0.1) is 0 Å². The molecule has 1 aromatic heterocycles. The van der Waals surface area contributed by atoms with Crippen LogP contribution in [0.4, 0.5) is 5.69 Å². The maximum absolute atomic E-state index is 4.09. The molecule has 0 unspecified atom stereocenters. The number of rotatable bonds is 2. The van der Waals surface area contributed by atoms with Gasteiger partial charge in [0.1, 0.15) is 0 Å². The smallest absolute Gasteiger partial charge is 0.0528 e. The van der Waals surface area contributed by atoms with Crippen LogP contribution in [0.15, 0.2) is 24.5 Å². The molecule has 0 aliphatic carbocycles. The number of aromatic nitrogens is 1. The molecule has 0 aromatic carbocycles. The van der Waals surface area contributed by atoms with Gasteiger partial charge in [0.2, 0.25) is 0 Å². The highest BCUT2D eigenvalue weighted by Gasteiger charge is 2.15. The lowest BCUT2D eigenvalue weighted by Crippen LogP contribution is -2.36. The average molecular weight is 191 g/mol. The molecule has 76 valence electrons. The van der Waals surface area contributed by atoms with Crippen LogP contribution in [0.5, 0.6) is 0 Å². The predicted molar refractivity (Wildman–Crippen MR) is 58.4 cm³/mol. The SMILES string of the molecule is CN1CCC(Nc2cccnc2)CC1. The lowest BCUT2D eigenvalue weighted by molar-refractivity contribution is 0.264. The largest absolute Gasteiger partial charge is 0.381 e. The molecule has 2 rings (SSSR count). The third kappa shape index (κ3) is 2.45. The fraction of sp³-hybridized carbons (Fsp3) is 0.545. The van der Waals surface area contributed by atoms with E-state index in [2.05, 4.69) is 28.3 Å². The number of likely N-dealkylation sites (tertiary alicyclic amines) is 1. The van der Waals surface area contributed by atoms with Crippen molar-refractivity contribution in [1.82, 2.24) is 9.88 Å². The predicted octanol–water partition coefficient (Wildman–Crippen LogP) is 1.59. The Kier molecular flexibility index (Phi) is 2.99. The van der Waals surface area contributed by atoms with Crippen molar-refractivity contribution in [3.63, 3.8) is 0 Å². The molecule has 3 heteroatoms. The van der Waals surface area contributed by atoms with E-state index in [4.69, 9.17) is 0 Å². The third-order valence-electron chi connectivity index (χ3n) is 2.75. The first-order chi connectivity index (χ1) is 6.84. The number of pyridine rings is 1. The molecule has 0 spiro atoms. The summed E-state index contributed by atoms with van der Waals surface area (Å²) in [6.45, 7) is 2.38. The lowest BCUT2D eigenvalue weighted by Gasteiger charge is -2.29. The molecule has 0 atom stereocenters. The van der Waals surface area contributed by atoms with Gasteiger partial charge in [-0.15, -0.1) is 0 Å². The minimum Gasteiger partial charge on any atom is -0.381 e. The molecule has 0 bridgehead atoms. The van der Waals surface area contributed by atoms with Gasteiger partial charge in [-0.2, -0.15) is 0 Å². The van der Waals surface area contributed by atoms with Crippen LogP contribution < -0.4 is 5.32 Å². The Balaban J connectivity index is 1.87. The standard InChI is InChI=1S/C11H17N3/c1-14-7-4-10(5-8-14)13-11-3-2-6-12-9-11/h2-3,6,9-10,13H,4-5,7-8H2,1H3. The van der Waals surface area contributed by atoms with E-state index in [0.29, 0.717) is 6.04 Å². The van der Waals surface area contributed by atoms with Crippen molar-refractivity contribution in [2.75, 3.05) is 25.5 Å². The molecule has 2 heterocycles. The number of nitrogens with zero attached hydrogens (tertiary/aromatic N) is 2. The Labute approximate surface area is 85.1 Å². The maximum atomic E-state index is 4.09. The van der Waals surface area contributed by atoms with E-state index in [1.54, 1.807) is 6.20 Å². The van der Waals surface area contributed by atoms with Crippen molar-refractivity contribution in [2.45, 2.75) is 18.9 Å². The third-order valence-corrected chi connectivity index (χ3v) is 2.75. The summed E-state index contributed by atoms with van der Waals surface area (Å²) in [7, 11) is 2.18. The molecule has 1 aliphatic heterocycles. The van der Waals surface area contributed by atoms with Gasteiger partial charge in [0.05, 0.1) is 5.69 Å². The summed E-state index contributed by atoms with van der Waals surface area (Å²) in [6, 6.07) is 4.66. The van der Waals surface area contributed by atoms with Crippen LogP contribution >= 0.6 is 0 Å². The van der Waals surface area contributed by atoms with Crippen LogP contribution in [0.1, 0.15) is 12.8 Å². The monoisotopic (exact) mass is 191 g/mol. The van der Waals surface area contributed by atoms with Gasteiger partial charge in [0.25, 0.3) is 0 Å². The van der Waals surface area contributed by atoms with Gasteiger partial charge in [0, 0.05) is 18.4 Å². The summed E-state index contributed by atoms with van der Waals surface area (Å²) < 4.78 is 0. The Morgan fingerprint density at radius 1 is 1.43 bits per heavy atom. The second kappa shape index (κ2) is 4.42. The van der Waals surface area contributed by atoms with Crippen LogP contribution in [0.25, 0.3) is 0 Å².